The summed E-state index contributed by atoms with van der Waals surface area (Å²) in [5, 5.41) is 0. The van der Waals surface area contributed by atoms with Gasteiger partial charge in [0.1, 0.15) is 0 Å². The minimum absolute atomic E-state index is 0.0124. The highest BCUT2D eigenvalue weighted by Gasteiger charge is 2.54. The second kappa shape index (κ2) is 10.9. The average molecular weight is 577 g/mol. The first kappa shape index (κ1) is 25.9. The summed E-state index contributed by atoms with van der Waals surface area (Å²) in [6.07, 6.45) is 0. The summed E-state index contributed by atoms with van der Waals surface area (Å²) in [4.78, 5) is 18.3. The molecule has 1 fully saturated rings. The number of hydrogen-bond acceptors (Lipinski definition) is 8. The molecule has 1 aliphatic rings. The van der Waals surface area contributed by atoms with Crippen LogP contribution < -0.4 is 18.9 Å². The molecule has 2 unspecified atom stereocenters. The molecule has 1 aliphatic carbocycles. The second-order valence-electron chi connectivity index (χ2n) is 9.21. The van der Waals surface area contributed by atoms with Gasteiger partial charge in [0.15, 0.2) is 0 Å². The van der Waals surface area contributed by atoms with Gasteiger partial charge in [0.2, 0.25) is 11.8 Å². The van der Waals surface area contributed by atoms with E-state index in [0.29, 0.717) is 11.8 Å². The predicted octanol–water partition coefficient (Wildman–Crippen LogP) is 5.82. The van der Waals surface area contributed by atoms with Crippen LogP contribution in [0.5, 0.6) is 23.8 Å². The zero-order chi connectivity index (χ0) is 26.8. The number of ether oxygens (including phenoxy) is 4. The number of aromatic nitrogens is 4. The lowest BCUT2D eigenvalue weighted by Gasteiger charge is -2.52. The summed E-state index contributed by atoms with van der Waals surface area (Å²) >= 11 is 3.58. The first-order valence-electron chi connectivity index (χ1n) is 12.2. The third kappa shape index (κ3) is 4.90. The molecule has 1 saturated carbocycles. The molecule has 2 heterocycles. The smallest absolute Gasteiger partial charge is 0.319 e. The van der Waals surface area contributed by atoms with E-state index < -0.39 is 0 Å². The monoisotopic (exact) mass is 576 g/mol. The van der Waals surface area contributed by atoms with Crippen molar-refractivity contribution >= 4 is 15.9 Å². The molecule has 9 heteroatoms. The fourth-order valence-corrected chi connectivity index (χ4v) is 5.63. The van der Waals surface area contributed by atoms with Crippen molar-refractivity contribution in [2.75, 3.05) is 28.4 Å². The van der Waals surface area contributed by atoms with Crippen LogP contribution in [0.25, 0.3) is 0 Å². The van der Waals surface area contributed by atoms with Gasteiger partial charge in [0.25, 0.3) is 0 Å². The van der Waals surface area contributed by atoms with E-state index in [-0.39, 0.29) is 35.7 Å². The van der Waals surface area contributed by atoms with Crippen LogP contribution in [-0.4, -0.2) is 48.4 Å². The molecule has 5 rings (SSSR count). The van der Waals surface area contributed by atoms with Gasteiger partial charge < -0.3 is 18.9 Å². The molecule has 0 N–H and O–H groups in total. The highest BCUT2D eigenvalue weighted by molar-refractivity contribution is 9.10. The Hall–Kier alpha value is -3.72. The van der Waals surface area contributed by atoms with Crippen LogP contribution in [0.3, 0.4) is 0 Å². The summed E-state index contributed by atoms with van der Waals surface area (Å²) in [5.74, 6) is 0.958. The van der Waals surface area contributed by atoms with E-state index in [9.17, 15) is 0 Å². The van der Waals surface area contributed by atoms with Gasteiger partial charge in [-0.1, -0.05) is 57.9 Å². The van der Waals surface area contributed by atoms with Crippen LogP contribution in [0.15, 0.2) is 65.1 Å². The molecule has 8 nitrogen and oxygen atoms in total. The van der Waals surface area contributed by atoms with Crippen LogP contribution in [0, 0.1) is 6.92 Å². The zero-order valence-electron chi connectivity index (χ0n) is 21.9. The van der Waals surface area contributed by atoms with E-state index in [1.165, 1.54) is 16.7 Å². The maximum atomic E-state index is 5.51. The third-order valence-electron chi connectivity index (χ3n) is 7.14. The number of methoxy groups -OCH3 is 4. The zero-order valence-corrected chi connectivity index (χ0v) is 23.5. The van der Waals surface area contributed by atoms with Crippen molar-refractivity contribution in [2.45, 2.75) is 30.6 Å². The summed E-state index contributed by atoms with van der Waals surface area (Å²) in [6.45, 7) is 2.09. The minimum atomic E-state index is -0.0124. The lowest BCUT2D eigenvalue weighted by Crippen LogP contribution is -2.41. The molecule has 2 aromatic carbocycles. The van der Waals surface area contributed by atoms with E-state index in [0.717, 1.165) is 15.9 Å². The Labute approximate surface area is 230 Å². The van der Waals surface area contributed by atoms with Crippen LogP contribution in [0.2, 0.25) is 0 Å². The summed E-state index contributed by atoms with van der Waals surface area (Å²) in [5.41, 5.74) is 5.24. The van der Waals surface area contributed by atoms with E-state index in [1.54, 1.807) is 28.4 Å². The van der Waals surface area contributed by atoms with Crippen LogP contribution in [-0.2, 0) is 0 Å². The third-order valence-corrected chi connectivity index (χ3v) is 7.66. The fourth-order valence-electron chi connectivity index (χ4n) is 5.36. The number of nitrogens with zero attached hydrogens (tertiary/aromatic N) is 4. The van der Waals surface area contributed by atoms with Crippen molar-refractivity contribution in [3.05, 3.63) is 93.2 Å². The molecule has 0 saturated heterocycles. The van der Waals surface area contributed by atoms with Gasteiger partial charge in [-0.05, 0) is 30.2 Å². The average Bonchev–Trinajstić information content (AvgIpc) is 2.94. The van der Waals surface area contributed by atoms with E-state index in [2.05, 4.69) is 81.4 Å². The Bertz CT molecular complexity index is 1250. The Kier molecular flexibility index (Phi) is 7.46. The second-order valence-corrected chi connectivity index (χ2v) is 10.1. The SMILES string of the molecule is COc1cc(C2C(c3ccc(C)cc3)C(c3cc(OC)nc(OC)n3)C2c2ccc(Br)cc2)nc(OC)n1. The van der Waals surface area contributed by atoms with Gasteiger partial charge >= 0.3 is 12.0 Å². The Morgan fingerprint density at radius 3 is 1.37 bits per heavy atom. The molecule has 196 valence electrons. The quantitative estimate of drug-likeness (QED) is 0.259. The topological polar surface area (TPSA) is 88.5 Å². The van der Waals surface area contributed by atoms with Crippen molar-refractivity contribution in [1.29, 1.82) is 0 Å². The first-order valence-corrected chi connectivity index (χ1v) is 13.0. The molecule has 0 aliphatic heterocycles. The molecular weight excluding hydrogens is 548 g/mol. The maximum absolute atomic E-state index is 5.51. The van der Waals surface area contributed by atoms with Gasteiger partial charge in [0.05, 0.1) is 39.8 Å². The van der Waals surface area contributed by atoms with Crippen LogP contribution in [0.1, 0.15) is 51.7 Å². The van der Waals surface area contributed by atoms with E-state index in [1.807, 2.05) is 12.1 Å². The number of halogens is 1. The van der Waals surface area contributed by atoms with Crippen molar-refractivity contribution in [3.63, 3.8) is 0 Å². The number of rotatable bonds is 8. The van der Waals surface area contributed by atoms with Crippen molar-refractivity contribution in [2.24, 2.45) is 0 Å². The van der Waals surface area contributed by atoms with Crippen LogP contribution >= 0.6 is 15.9 Å². The highest BCUT2D eigenvalue weighted by atomic mass is 79.9. The molecule has 38 heavy (non-hydrogen) atoms. The molecule has 0 amide bonds. The summed E-state index contributed by atoms with van der Waals surface area (Å²) in [7, 11) is 6.31. The van der Waals surface area contributed by atoms with Crippen molar-refractivity contribution in [3.8, 4) is 23.8 Å². The maximum Gasteiger partial charge on any atom is 0.319 e. The van der Waals surface area contributed by atoms with E-state index >= 15 is 0 Å². The molecule has 4 aromatic rings. The fraction of sp³-hybridized carbons (Fsp3) is 0.310. The van der Waals surface area contributed by atoms with Crippen LogP contribution in [0.4, 0.5) is 0 Å². The minimum Gasteiger partial charge on any atom is -0.481 e. The normalized spacial score (nSPS) is 20.4. The Balaban J connectivity index is 1.74. The Morgan fingerprint density at radius 1 is 0.553 bits per heavy atom. The standard InChI is InChI=1S/C29H29BrN4O4/c1-16-6-8-17(9-7-16)24-26(20-14-22(35-2)33-28(31-20)37-4)25(18-10-12-19(30)13-11-18)27(24)21-15-23(36-3)34-29(32-21)38-5/h6-15,24-27H,1-5H3. The van der Waals surface area contributed by atoms with Gasteiger partial charge in [-0.15, -0.1) is 0 Å². The van der Waals surface area contributed by atoms with Gasteiger partial charge in [0, 0.05) is 40.3 Å². The van der Waals surface area contributed by atoms with Gasteiger partial charge in [-0.3, -0.25) is 0 Å². The molecule has 2 aromatic heterocycles. The summed E-state index contributed by atoms with van der Waals surface area (Å²) in [6, 6.07) is 21.4. The lowest BCUT2D eigenvalue weighted by atomic mass is 9.50. The van der Waals surface area contributed by atoms with Gasteiger partial charge in [-0.2, -0.15) is 19.9 Å². The Morgan fingerprint density at radius 2 is 0.974 bits per heavy atom. The molecule has 2 atom stereocenters. The lowest BCUT2D eigenvalue weighted by molar-refractivity contribution is 0.214. The summed E-state index contributed by atoms with van der Waals surface area (Å²) < 4.78 is 22.9. The van der Waals surface area contributed by atoms with E-state index in [4.69, 9.17) is 28.9 Å². The molecule has 0 bridgehead atoms. The van der Waals surface area contributed by atoms with Gasteiger partial charge in [-0.25, -0.2) is 0 Å². The predicted molar refractivity (Wildman–Crippen MR) is 147 cm³/mol. The molecule has 0 radical (unpaired) electrons. The van der Waals surface area contributed by atoms with Crippen molar-refractivity contribution < 1.29 is 18.9 Å². The number of benzene rings is 2. The first-order chi connectivity index (χ1) is 18.4. The molecule has 0 spiro atoms. The highest BCUT2D eigenvalue weighted by Crippen LogP contribution is 2.66. The van der Waals surface area contributed by atoms with Crippen molar-refractivity contribution in [1.82, 2.24) is 19.9 Å². The molecular formula is C29H29BrN4O4. The number of aryl methyl sites for hydroxylation is 1. The largest absolute Gasteiger partial charge is 0.481 e. The number of hydrogen-bond donors (Lipinski definition) is 0.